The Kier molecular flexibility index (Phi) is 4.68. The molecule has 0 spiro atoms. The van der Waals surface area contributed by atoms with Crippen molar-refractivity contribution in [1.82, 2.24) is 29.5 Å². The average molecular weight is 382 g/mol. The largest absolute Gasteiger partial charge is 0.350 e. The number of aromatic nitrogens is 5. The molecule has 0 aromatic carbocycles. The SMILES string of the molecule is CCn1c(=O)c2sccc2n2c(CCC(=O)NCc3ccccn3)nnc12. The van der Waals surface area contributed by atoms with Crippen LogP contribution in [0.2, 0.25) is 0 Å². The van der Waals surface area contributed by atoms with Gasteiger partial charge >= 0.3 is 0 Å². The first-order valence-electron chi connectivity index (χ1n) is 8.69. The van der Waals surface area contributed by atoms with Gasteiger partial charge in [0.25, 0.3) is 5.56 Å². The number of pyridine rings is 1. The maximum Gasteiger partial charge on any atom is 0.272 e. The van der Waals surface area contributed by atoms with Gasteiger partial charge in [0.2, 0.25) is 11.7 Å². The molecule has 0 saturated carbocycles. The molecule has 1 N–H and O–H groups in total. The molecule has 0 saturated heterocycles. The molecular formula is C18H18N6O2S. The van der Waals surface area contributed by atoms with Crippen LogP contribution in [0.5, 0.6) is 0 Å². The zero-order valence-corrected chi connectivity index (χ0v) is 15.6. The molecule has 0 aliphatic carbocycles. The van der Waals surface area contributed by atoms with Crippen molar-refractivity contribution in [2.75, 3.05) is 0 Å². The van der Waals surface area contributed by atoms with Gasteiger partial charge in [-0.05, 0) is 30.5 Å². The highest BCUT2D eigenvalue weighted by atomic mass is 32.1. The maximum atomic E-state index is 12.6. The molecule has 9 heteroatoms. The molecule has 138 valence electrons. The van der Waals surface area contributed by atoms with Gasteiger partial charge in [-0.25, -0.2) is 0 Å². The van der Waals surface area contributed by atoms with E-state index in [0.29, 0.717) is 35.8 Å². The van der Waals surface area contributed by atoms with Crippen molar-refractivity contribution in [3.05, 3.63) is 57.7 Å². The summed E-state index contributed by atoms with van der Waals surface area (Å²) in [6, 6.07) is 7.48. The number of fused-ring (bicyclic) bond motifs is 3. The summed E-state index contributed by atoms with van der Waals surface area (Å²) in [6.07, 6.45) is 2.41. The van der Waals surface area contributed by atoms with Gasteiger partial charge in [0.15, 0.2) is 0 Å². The number of aryl methyl sites for hydroxylation is 2. The lowest BCUT2D eigenvalue weighted by Gasteiger charge is -2.07. The summed E-state index contributed by atoms with van der Waals surface area (Å²) in [5.41, 5.74) is 1.55. The summed E-state index contributed by atoms with van der Waals surface area (Å²) in [5, 5.41) is 13.2. The number of hydrogen-bond acceptors (Lipinski definition) is 6. The normalized spacial score (nSPS) is 11.3. The molecule has 4 heterocycles. The minimum atomic E-state index is -0.0808. The first kappa shape index (κ1) is 17.3. The second-order valence-electron chi connectivity index (χ2n) is 6.03. The Bertz CT molecular complexity index is 1160. The van der Waals surface area contributed by atoms with Crippen LogP contribution in [-0.4, -0.2) is 30.1 Å². The van der Waals surface area contributed by atoms with Gasteiger partial charge < -0.3 is 5.32 Å². The Hall–Kier alpha value is -3.07. The molecule has 0 aliphatic rings. The zero-order chi connectivity index (χ0) is 18.8. The monoisotopic (exact) mass is 382 g/mol. The minimum absolute atomic E-state index is 0.0537. The van der Waals surface area contributed by atoms with Crippen LogP contribution in [0.3, 0.4) is 0 Å². The van der Waals surface area contributed by atoms with Crippen molar-refractivity contribution >= 4 is 33.2 Å². The van der Waals surface area contributed by atoms with Gasteiger partial charge in [0.1, 0.15) is 10.5 Å². The predicted molar refractivity (Wildman–Crippen MR) is 103 cm³/mol. The number of thiophene rings is 1. The van der Waals surface area contributed by atoms with Crippen LogP contribution in [0, 0.1) is 0 Å². The Labute approximate surface area is 158 Å². The van der Waals surface area contributed by atoms with Gasteiger partial charge in [0, 0.05) is 25.6 Å². The van der Waals surface area contributed by atoms with Gasteiger partial charge in [-0.1, -0.05) is 6.07 Å². The maximum absolute atomic E-state index is 12.6. The van der Waals surface area contributed by atoms with Crippen LogP contribution >= 0.6 is 11.3 Å². The van der Waals surface area contributed by atoms with Gasteiger partial charge in [-0.15, -0.1) is 21.5 Å². The van der Waals surface area contributed by atoms with E-state index in [0.717, 1.165) is 11.2 Å². The molecule has 0 unspecified atom stereocenters. The highest BCUT2D eigenvalue weighted by molar-refractivity contribution is 7.17. The molecule has 0 radical (unpaired) electrons. The minimum Gasteiger partial charge on any atom is -0.350 e. The number of carbonyl (C=O) groups excluding carboxylic acids is 1. The summed E-state index contributed by atoms with van der Waals surface area (Å²) in [6.45, 7) is 2.81. The third kappa shape index (κ3) is 3.21. The van der Waals surface area contributed by atoms with E-state index in [1.165, 1.54) is 11.3 Å². The molecule has 27 heavy (non-hydrogen) atoms. The average Bonchev–Trinajstić information content (AvgIpc) is 3.33. The third-order valence-electron chi connectivity index (χ3n) is 4.36. The standard InChI is InChI=1S/C18H18N6O2S/c1-2-23-17(26)16-13(8-10-27-16)24-14(21-22-18(23)24)6-7-15(25)20-11-12-5-3-4-9-19-12/h3-5,8-10H,2,6-7,11H2,1H3,(H,20,25). The Morgan fingerprint density at radius 2 is 2.15 bits per heavy atom. The van der Waals surface area contributed by atoms with Crippen LogP contribution in [-0.2, 0) is 24.3 Å². The summed E-state index contributed by atoms with van der Waals surface area (Å²) >= 11 is 1.40. The quantitative estimate of drug-likeness (QED) is 0.548. The van der Waals surface area contributed by atoms with Crippen molar-refractivity contribution in [3.8, 4) is 0 Å². The van der Waals surface area contributed by atoms with E-state index in [1.807, 2.05) is 41.0 Å². The molecular weight excluding hydrogens is 364 g/mol. The zero-order valence-electron chi connectivity index (χ0n) is 14.8. The van der Waals surface area contributed by atoms with Crippen molar-refractivity contribution in [2.24, 2.45) is 0 Å². The van der Waals surface area contributed by atoms with Gasteiger partial charge in [0.05, 0.1) is 17.8 Å². The van der Waals surface area contributed by atoms with Gasteiger partial charge in [-0.2, -0.15) is 0 Å². The number of hydrogen-bond donors (Lipinski definition) is 1. The number of nitrogens with one attached hydrogen (secondary N) is 1. The summed E-state index contributed by atoms with van der Waals surface area (Å²) < 4.78 is 4.16. The van der Waals surface area contributed by atoms with E-state index >= 15 is 0 Å². The lowest BCUT2D eigenvalue weighted by atomic mass is 10.2. The summed E-state index contributed by atoms with van der Waals surface area (Å²) in [4.78, 5) is 28.9. The lowest BCUT2D eigenvalue weighted by Crippen LogP contribution is -2.24. The molecule has 4 rings (SSSR count). The predicted octanol–water partition coefficient (Wildman–Crippen LogP) is 1.77. The Balaban J connectivity index is 1.55. The molecule has 0 fully saturated rings. The van der Waals surface area contributed by atoms with E-state index in [4.69, 9.17) is 0 Å². The first-order chi connectivity index (χ1) is 13.2. The molecule has 4 aromatic heterocycles. The molecule has 0 atom stereocenters. The topological polar surface area (TPSA) is 94.2 Å². The van der Waals surface area contributed by atoms with Crippen molar-refractivity contribution < 1.29 is 4.79 Å². The van der Waals surface area contributed by atoms with E-state index < -0.39 is 0 Å². The molecule has 0 bridgehead atoms. The van der Waals surface area contributed by atoms with Crippen LogP contribution < -0.4 is 10.9 Å². The third-order valence-corrected chi connectivity index (χ3v) is 5.26. The van der Waals surface area contributed by atoms with E-state index in [-0.39, 0.29) is 17.9 Å². The first-order valence-corrected chi connectivity index (χ1v) is 9.57. The number of amides is 1. The second kappa shape index (κ2) is 7.28. The Morgan fingerprint density at radius 1 is 1.26 bits per heavy atom. The Morgan fingerprint density at radius 3 is 2.93 bits per heavy atom. The van der Waals surface area contributed by atoms with Crippen LogP contribution in [0.1, 0.15) is 24.9 Å². The van der Waals surface area contributed by atoms with Gasteiger partial charge in [-0.3, -0.25) is 23.5 Å². The van der Waals surface area contributed by atoms with Crippen molar-refractivity contribution in [3.63, 3.8) is 0 Å². The van der Waals surface area contributed by atoms with Crippen molar-refractivity contribution in [1.29, 1.82) is 0 Å². The highest BCUT2D eigenvalue weighted by Crippen LogP contribution is 2.20. The smallest absolute Gasteiger partial charge is 0.272 e. The molecule has 0 aliphatic heterocycles. The lowest BCUT2D eigenvalue weighted by molar-refractivity contribution is -0.121. The fourth-order valence-corrected chi connectivity index (χ4v) is 3.86. The van der Waals surface area contributed by atoms with E-state index in [2.05, 4.69) is 20.5 Å². The summed E-state index contributed by atoms with van der Waals surface area (Å²) in [5.74, 6) is 1.10. The summed E-state index contributed by atoms with van der Waals surface area (Å²) in [7, 11) is 0. The van der Waals surface area contributed by atoms with Crippen LogP contribution in [0.15, 0.2) is 40.6 Å². The molecule has 4 aromatic rings. The number of carbonyl (C=O) groups is 1. The number of nitrogens with zero attached hydrogens (tertiary/aromatic N) is 5. The van der Waals surface area contributed by atoms with E-state index in [1.54, 1.807) is 10.8 Å². The second-order valence-corrected chi connectivity index (χ2v) is 6.95. The van der Waals surface area contributed by atoms with Crippen LogP contribution in [0.25, 0.3) is 16.0 Å². The fourth-order valence-electron chi connectivity index (χ4n) is 3.03. The fraction of sp³-hybridized carbons (Fsp3) is 0.278. The van der Waals surface area contributed by atoms with Crippen molar-refractivity contribution in [2.45, 2.75) is 32.9 Å². The molecule has 8 nitrogen and oxygen atoms in total. The highest BCUT2D eigenvalue weighted by Gasteiger charge is 2.17. The molecule has 1 amide bonds. The van der Waals surface area contributed by atoms with E-state index in [9.17, 15) is 9.59 Å². The van der Waals surface area contributed by atoms with Crippen LogP contribution in [0.4, 0.5) is 0 Å². The number of rotatable bonds is 6.